The van der Waals surface area contributed by atoms with Crippen molar-refractivity contribution in [2.75, 3.05) is 0 Å². The van der Waals surface area contributed by atoms with E-state index in [2.05, 4.69) is 11.1 Å². The molecule has 0 fully saturated rings. The SMILES string of the molecule is Cc1ccc2c(C(C)OC=O)c[nH]c2c1. The number of nitrogens with one attached hydrogen (secondary N) is 1. The van der Waals surface area contributed by atoms with E-state index in [1.165, 1.54) is 5.56 Å². The van der Waals surface area contributed by atoms with E-state index in [-0.39, 0.29) is 6.10 Å². The zero-order chi connectivity index (χ0) is 10.8. The Bertz CT molecular complexity index is 487. The molecule has 2 aromatic rings. The van der Waals surface area contributed by atoms with Gasteiger partial charge in [-0.1, -0.05) is 12.1 Å². The Morgan fingerprint density at radius 3 is 3.00 bits per heavy atom. The van der Waals surface area contributed by atoms with Gasteiger partial charge in [-0.05, 0) is 25.5 Å². The van der Waals surface area contributed by atoms with Crippen LogP contribution in [0.1, 0.15) is 24.2 Å². The molecule has 3 nitrogen and oxygen atoms in total. The van der Waals surface area contributed by atoms with Crippen molar-refractivity contribution in [1.82, 2.24) is 4.98 Å². The molecule has 0 aliphatic rings. The number of aryl methyl sites for hydroxylation is 1. The highest BCUT2D eigenvalue weighted by atomic mass is 16.5. The summed E-state index contributed by atoms with van der Waals surface area (Å²) in [6.07, 6.45) is 1.68. The van der Waals surface area contributed by atoms with E-state index in [4.69, 9.17) is 4.74 Å². The second-order valence-electron chi connectivity index (χ2n) is 3.67. The van der Waals surface area contributed by atoms with Crippen LogP contribution in [0.3, 0.4) is 0 Å². The largest absolute Gasteiger partial charge is 0.460 e. The first kappa shape index (κ1) is 9.77. The standard InChI is InChI=1S/C12H13NO2/c1-8-3-4-10-11(9(2)15-7-14)6-13-12(10)5-8/h3-7,9,13H,1-2H3. The molecule has 1 N–H and O–H groups in total. The van der Waals surface area contributed by atoms with Crippen LogP contribution in [0, 0.1) is 6.92 Å². The summed E-state index contributed by atoms with van der Waals surface area (Å²) in [4.78, 5) is 13.4. The van der Waals surface area contributed by atoms with E-state index < -0.39 is 0 Å². The van der Waals surface area contributed by atoms with Crippen LogP contribution < -0.4 is 0 Å². The van der Waals surface area contributed by atoms with Gasteiger partial charge in [-0.25, -0.2) is 0 Å². The molecule has 2 rings (SSSR count). The van der Waals surface area contributed by atoms with Crippen molar-refractivity contribution in [3.05, 3.63) is 35.5 Å². The summed E-state index contributed by atoms with van der Waals surface area (Å²) in [5.74, 6) is 0. The van der Waals surface area contributed by atoms with Gasteiger partial charge in [0.1, 0.15) is 6.10 Å². The number of ether oxygens (including phenoxy) is 1. The maximum Gasteiger partial charge on any atom is 0.293 e. The third kappa shape index (κ3) is 1.73. The van der Waals surface area contributed by atoms with Crippen molar-refractivity contribution >= 4 is 17.4 Å². The molecule has 0 spiro atoms. The fraction of sp³-hybridized carbons (Fsp3) is 0.250. The number of aromatic amines is 1. The minimum atomic E-state index is -0.209. The fourth-order valence-electron chi connectivity index (χ4n) is 1.76. The van der Waals surface area contributed by atoms with Crippen LogP contribution >= 0.6 is 0 Å². The van der Waals surface area contributed by atoms with Crippen LogP contribution in [-0.2, 0) is 9.53 Å². The van der Waals surface area contributed by atoms with Crippen molar-refractivity contribution in [1.29, 1.82) is 0 Å². The van der Waals surface area contributed by atoms with Crippen molar-refractivity contribution < 1.29 is 9.53 Å². The molecule has 1 unspecified atom stereocenters. The molecule has 0 amide bonds. The van der Waals surface area contributed by atoms with Crippen molar-refractivity contribution in [3.8, 4) is 0 Å². The molecular formula is C12H13NO2. The smallest absolute Gasteiger partial charge is 0.293 e. The number of carbonyl (C=O) groups excluding carboxylic acids is 1. The Kier molecular flexibility index (Phi) is 2.46. The molecule has 15 heavy (non-hydrogen) atoms. The van der Waals surface area contributed by atoms with Crippen molar-refractivity contribution in [2.45, 2.75) is 20.0 Å². The number of benzene rings is 1. The van der Waals surface area contributed by atoms with E-state index in [9.17, 15) is 4.79 Å². The Hall–Kier alpha value is -1.77. The van der Waals surface area contributed by atoms with Crippen molar-refractivity contribution in [2.24, 2.45) is 0 Å². The molecule has 1 atom stereocenters. The van der Waals surface area contributed by atoms with Gasteiger partial charge >= 0.3 is 0 Å². The van der Waals surface area contributed by atoms with E-state index in [0.717, 1.165) is 16.5 Å². The number of rotatable bonds is 3. The zero-order valence-electron chi connectivity index (χ0n) is 8.78. The second-order valence-corrected chi connectivity index (χ2v) is 3.67. The highest BCUT2D eigenvalue weighted by molar-refractivity contribution is 5.84. The average molecular weight is 203 g/mol. The normalized spacial score (nSPS) is 12.7. The number of fused-ring (bicyclic) bond motifs is 1. The number of carbonyl (C=O) groups is 1. The lowest BCUT2D eigenvalue weighted by Crippen LogP contribution is -1.96. The molecule has 0 saturated heterocycles. The van der Waals surface area contributed by atoms with E-state index >= 15 is 0 Å². The van der Waals surface area contributed by atoms with E-state index in [0.29, 0.717) is 6.47 Å². The summed E-state index contributed by atoms with van der Waals surface area (Å²) in [5, 5.41) is 1.11. The van der Waals surface area contributed by atoms with Gasteiger partial charge in [0.15, 0.2) is 0 Å². The number of H-pyrrole nitrogens is 1. The summed E-state index contributed by atoms with van der Waals surface area (Å²) in [6.45, 7) is 4.39. The molecular weight excluding hydrogens is 190 g/mol. The lowest BCUT2D eigenvalue weighted by molar-refractivity contribution is -0.133. The number of hydrogen-bond acceptors (Lipinski definition) is 2. The average Bonchev–Trinajstić information content (AvgIpc) is 2.60. The monoisotopic (exact) mass is 203 g/mol. The lowest BCUT2D eigenvalue weighted by atomic mass is 10.1. The maximum absolute atomic E-state index is 10.3. The van der Waals surface area contributed by atoms with Gasteiger partial charge in [-0.15, -0.1) is 0 Å². The fourth-order valence-corrected chi connectivity index (χ4v) is 1.76. The summed E-state index contributed by atoms with van der Waals surface area (Å²) < 4.78 is 4.92. The van der Waals surface area contributed by atoms with Crippen molar-refractivity contribution in [3.63, 3.8) is 0 Å². The first-order valence-electron chi connectivity index (χ1n) is 4.89. The van der Waals surface area contributed by atoms with Crippen LogP contribution in [0.15, 0.2) is 24.4 Å². The van der Waals surface area contributed by atoms with Gasteiger partial charge in [-0.3, -0.25) is 4.79 Å². The Morgan fingerprint density at radius 2 is 2.27 bits per heavy atom. The molecule has 1 heterocycles. The molecule has 1 aromatic heterocycles. The highest BCUT2D eigenvalue weighted by Crippen LogP contribution is 2.26. The van der Waals surface area contributed by atoms with E-state index in [1.54, 1.807) is 0 Å². The quantitative estimate of drug-likeness (QED) is 0.779. The molecule has 0 saturated carbocycles. The van der Waals surface area contributed by atoms with Gasteiger partial charge in [0, 0.05) is 22.7 Å². The van der Waals surface area contributed by atoms with Crippen LogP contribution in [0.5, 0.6) is 0 Å². The Morgan fingerprint density at radius 1 is 1.47 bits per heavy atom. The molecule has 0 aliphatic carbocycles. The molecule has 0 bridgehead atoms. The van der Waals surface area contributed by atoms with Gasteiger partial charge in [0.05, 0.1) is 0 Å². The summed E-state index contributed by atoms with van der Waals surface area (Å²) in [5.41, 5.74) is 3.29. The molecule has 0 aliphatic heterocycles. The first-order chi connectivity index (χ1) is 7.22. The van der Waals surface area contributed by atoms with Gasteiger partial charge in [0.2, 0.25) is 0 Å². The lowest BCUT2D eigenvalue weighted by Gasteiger charge is -2.07. The number of hydrogen-bond donors (Lipinski definition) is 1. The maximum atomic E-state index is 10.3. The predicted molar refractivity (Wildman–Crippen MR) is 58.6 cm³/mol. The van der Waals surface area contributed by atoms with Gasteiger partial charge < -0.3 is 9.72 Å². The second kappa shape index (κ2) is 3.77. The molecule has 1 aromatic carbocycles. The minimum Gasteiger partial charge on any atom is -0.460 e. The van der Waals surface area contributed by atoms with Gasteiger partial charge in [0.25, 0.3) is 6.47 Å². The van der Waals surface area contributed by atoms with E-state index in [1.807, 2.05) is 32.2 Å². The summed E-state index contributed by atoms with van der Waals surface area (Å²) >= 11 is 0. The number of aromatic nitrogens is 1. The third-order valence-corrected chi connectivity index (χ3v) is 2.57. The zero-order valence-corrected chi connectivity index (χ0v) is 8.78. The highest BCUT2D eigenvalue weighted by Gasteiger charge is 2.11. The third-order valence-electron chi connectivity index (χ3n) is 2.57. The van der Waals surface area contributed by atoms with Crippen LogP contribution in [0.2, 0.25) is 0 Å². The summed E-state index contributed by atoms with van der Waals surface area (Å²) in [7, 11) is 0. The Balaban J connectivity index is 2.49. The molecule has 0 radical (unpaired) electrons. The molecule has 3 heteroatoms. The molecule has 78 valence electrons. The Labute approximate surface area is 88.1 Å². The van der Waals surface area contributed by atoms with Crippen LogP contribution in [-0.4, -0.2) is 11.5 Å². The first-order valence-corrected chi connectivity index (χ1v) is 4.89. The van der Waals surface area contributed by atoms with Crippen LogP contribution in [0.25, 0.3) is 10.9 Å². The minimum absolute atomic E-state index is 0.209. The summed E-state index contributed by atoms with van der Waals surface area (Å²) in [6, 6.07) is 6.17. The van der Waals surface area contributed by atoms with Crippen LogP contribution in [0.4, 0.5) is 0 Å². The topological polar surface area (TPSA) is 42.1 Å². The van der Waals surface area contributed by atoms with Gasteiger partial charge in [-0.2, -0.15) is 0 Å². The predicted octanol–water partition coefficient (Wildman–Crippen LogP) is 2.71.